The van der Waals surface area contributed by atoms with Crippen LogP contribution in [-0.2, 0) is 19.6 Å². The Bertz CT molecular complexity index is 738. The number of benzene rings is 1. The fraction of sp³-hybridized carbons (Fsp3) is 0.375. The molecule has 0 saturated carbocycles. The molecule has 0 aromatic heterocycles. The van der Waals surface area contributed by atoms with Crippen LogP contribution in [0.25, 0.3) is 0 Å². The molecule has 8 nitrogen and oxygen atoms in total. The van der Waals surface area contributed by atoms with E-state index in [0.717, 1.165) is 0 Å². The van der Waals surface area contributed by atoms with E-state index in [1.807, 2.05) is 0 Å². The van der Waals surface area contributed by atoms with Crippen molar-refractivity contribution in [3.05, 3.63) is 42.0 Å². The normalized spacial score (nSPS) is 15.9. The fourth-order valence-corrected chi connectivity index (χ4v) is 3.63. The van der Waals surface area contributed by atoms with Crippen LogP contribution in [0, 0.1) is 0 Å². The Kier molecular flexibility index (Phi) is 6.68. The predicted octanol–water partition coefficient (Wildman–Crippen LogP) is -0.260. The lowest BCUT2D eigenvalue weighted by atomic mass is 10.2. The number of carbonyl (C=O) groups excluding carboxylic acids is 2. The minimum absolute atomic E-state index is 0.144. The van der Waals surface area contributed by atoms with Gasteiger partial charge in [-0.05, 0) is 24.3 Å². The summed E-state index contributed by atoms with van der Waals surface area (Å²) in [5.74, 6) is -0.608. The van der Waals surface area contributed by atoms with Crippen LogP contribution in [-0.4, -0.2) is 64.4 Å². The van der Waals surface area contributed by atoms with E-state index in [9.17, 15) is 18.0 Å². The van der Waals surface area contributed by atoms with Crippen LogP contribution in [0.4, 0.5) is 0 Å². The molecule has 9 heteroatoms. The van der Waals surface area contributed by atoms with Gasteiger partial charge in [0.15, 0.2) is 0 Å². The first-order valence-electron chi connectivity index (χ1n) is 7.79. The number of sulfonamides is 1. The standard InChI is InChI=1S/C16H21N3O5S/c1-17-15(20)3-2-8-18-16(21)13-4-6-14(7-5-13)25(22,23)19-9-11-24-12-10-19/h2-7H,8-12H2,1H3,(H,17,20)(H,18,21). The molecule has 0 bridgehead atoms. The van der Waals surface area contributed by atoms with Gasteiger partial charge in [-0.3, -0.25) is 9.59 Å². The summed E-state index contributed by atoms with van der Waals surface area (Å²) in [7, 11) is -2.06. The fourth-order valence-electron chi connectivity index (χ4n) is 2.22. The third-order valence-corrected chi connectivity index (χ3v) is 5.53. The van der Waals surface area contributed by atoms with Gasteiger partial charge < -0.3 is 15.4 Å². The van der Waals surface area contributed by atoms with Crippen molar-refractivity contribution in [3.8, 4) is 0 Å². The van der Waals surface area contributed by atoms with E-state index in [0.29, 0.717) is 31.9 Å². The molecule has 1 aromatic rings. The molecule has 2 N–H and O–H groups in total. The van der Waals surface area contributed by atoms with Crippen molar-refractivity contribution in [2.45, 2.75) is 4.90 Å². The van der Waals surface area contributed by atoms with Crippen LogP contribution >= 0.6 is 0 Å². The monoisotopic (exact) mass is 367 g/mol. The van der Waals surface area contributed by atoms with Crippen molar-refractivity contribution in [2.75, 3.05) is 39.9 Å². The van der Waals surface area contributed by atoms with Crippen LogP contribution in [0.2, 0.25) is 0 Å². The zero-order valence-corrected chi connectivity index (χ0v) is 14.7. The van der Waals surface area contributed by atoms with Gasteiger partial charge in [0.1, 0.15) is 0 Å². The lowest BCUT2D eigenvalue weighted by Crippen LogP contribution is -2.40. The highest BCUT2D eigenvalue weighted by Crippen LogP contribution is 2.17. The molecule has 136 valence electrons. The van der Waals surface area contributed by atoms with Crippen LogP contribution < -0.4 is 10.6 Å². The Morgan fingerprint density at radius 2 is 1.84 bits per heavy atom. The highest BCUT2D eigenvalue weighted by atomic mass is 32.2. The minimum atomic E-state index is -3.57. The van der Waals surface area contributed by atoms with Gasteiger partial charge in [-0.2, -0.15) is 4.31 Å². The Labute approximate surface area is 146 Å². The summed E-state index contributed by atoms with van der Waals surface area (Å²) in [6, 6.07) is 5.76. The lowest BCUT2D eigenvalue weighted by Gasteiger charge is -2.26. The number of hydrogen-bond acceptors (Lipinski definition) is 5. The van der Waals surface area contributed by atoms with Crippen molar-refractivity contribution in [1.29, 1.82) is 0 Å². The number of nitrogens with zero attached hydrogens (tertiary/aromatic N) is 1. The van der Waals surface area contributed by atoms with Gasteiger partial charge in [0.05, 0.1) is 18.1 Å². The van der Waals surface area contributed by atoms with Crippen molar-refractivity contribution >= 4 is 21.8 Å². The van der Waals surface area contributed by atoms with Crippen molar-refractivity contribution in [2.24, 2.45) is 0 Å². The summed E-state index contributed by atoms with van der Waals surface area (Å²) in [5.41, 5.74) is 0.342. The van der Waals surface area contributed by atoms with Gasteiger partial charge in [-0.15, -0.1) is 0 Å². The largest absolute Gasteiger partial charge is 0.379 e. The number of carbonyl (C=O) groups is 2. The Morgan fingerprint density at radius 1 is 1.20 bits per heavy atom. The van der Waals surface area contributed by atoms with Gasteiger partial charge >= 0.3 is 0 Å². The third-order valence-electron chi connectivity index (χ3n) is 3.62. The number of amides is 2. The summed E-state index contributed by atoms with van der Waals surface area (Å²) in [6.07, 6.45) is 2.84. The molecule has 25 heavy (non-hydrogen) atoms. The molecule has 2 rings (SSSR count). The maximum atomic E-state index is 12.5. The Morgan fingerprint density at radius 3 is 2.44 bits per heavy atom. The summed E-state index contributed by atoms with van der Waals surface area (Å²) in [4.78, 5) is 23.2. The molecular formula is C16H21N3O5S. The van der Waals surface area contributed by atoms with E-state index in [1.165, 1.54) is 47.8 Å². The van der Waals surface area contributed by atoms with Crippen LogP contribution in [0.5, 0.6) is 0 Å². The zero-order chi connectivity index (χ0) is 18.3. The third kappa shape index (κ3) is 5.12. The van der Waals surface area contributed by atoms with Crippen molar-refractivity contribution < 1.29 is 22.7 Å². The number of ether oxygens (including phenoxy) is 1. The number of morpholine rings is 1. The molecule has 0 atom stereocenters. The van der Waals surface area contributed by atoms with Gasteiger partial charge in [-0.25, -0.2) is 8.42 Å². The SMILES string of the molecule is CNC(=O)C=CCNC(=O)c1ccc(S(=O)(=O)N2CCOCC2)cc1. The molecule has 0 spiro atoms. The van der Waals surface area contributed by atoms with Gasteiger partial charge in [0, 0.05) is 38.3 Å². The van der Waals surface area contributed by atoms with E-state index >= 15 is 0 Å². The maximum Gasteiger partial charge on any atom is 0.251 e. The lowest BCUT2D eigenvalue weighted by molar-refractivity contribution is -0.116. The molecule has 1 aliphatic rings. The van der Waals surface area contributed by atoms with E-state index in [1.54, 1.807) is 0 Å². The number of nitrogens with one attached hydrogen (secondary N) is 2. The highest BCUT2D eigenvalue weighted by molar-refractivity contribution is 7.89. The minimum Gasteiger partial charge on any atom is -0.379 e. The second-order valence-corrected chi connectivity index (χ2v) is 7.21. The predicted molar refractivity (Wildman–Crippen MR) is 91.6 cm³/mol. The van der Waals surface area contributed by atoms with E-state index in [-0.39, 0.29) is 23.3 Å². The zero-order valence-electron chi connectivity index (χ0n) is 13.9. The van der Waals surface area contributed by atoms with E-state index < -0.39 is 10.0 Å². The highest BCUT2D eigenvalue weighted by Gasteiger charge is 2.26. The van der Waals surface area contributed by atoms with Gasteiger partial charge in [0.25, 0.3) is 5.91 Å². The molecule has 0 aliphatic carbocycles. The van der Waals surface area contributed by atoms with Gasteiger partial charge in [0.2, 0.25) is 15.9 Å². The topological polar surface area (TPSA) is 105 Å². The first kappa shape index (κ1) is 19.1. The molecule has 1 aliphatic heterocycles. The quantitative estimate of drug-likeness (QED) is 0.674. The van der Waals surface area contributed by atoms with E-state index in [2.05, 4.69) is 10.6 Å². The molecule has 1 aromatic carbocycles. The Hall–Kier alpha value is -2.23. The number of likely N-dealkylation sites (N-methyl/N-ethyl adjacent to an activating group) is 1. The molecule has 2 amide bonds. The molecule has 1 fully saturated rings. The van der Waals surface area contributed by atoms with E-state index in [4.69, 9.17) is 4.74 Å². The van der Waals surface area contributed by atoms with Gasteiger partial charge in [-0.1, -0.05) is 6.08 Å². The molecule has 0 unspecified atom stereocenters. The number of rotatable bonds is 6. The molecule has 1 heterocycles. The summed E-state index contributed by atoms with van der Waals surface area (Å²) in [6.45, 7) is 1.59. The van der Waals surface area contributed by atoms with Crippen LogP contribution in [0.15, 0.2) is 41.3 Å². The first-order chi connectivity index (χ1) is 11.9. The van der Waals surface area contributed by atoms with Crippen LogP contribution in [0.3, 0.4) is 0 Å². The average Bonchev–Trinajstić information content (AvgIpc) is 2.65. The smallest absolute Gasteiger partial charge is 0.251 e. The summed E-state index contributed by atoms with van der Waals surface area (Å²) in [5, 5.41) is 5.04. The summed E-state index contributed by atoms with van der Waals surface area (Å²) >= 11 is 0. The Balaban J connectivity index is 1.98. The molecule has 0 radical (unpaired) electrons. The summed E-state index contributed by atoms with van der Waals surface area (Å²) < 4.78 is 31.5. The maximum absolute atomic E-state index is 12.5. The second-order valence-electron chi connectivity index (χ2n) is 5.27. The first-order valence-corrected chi connectivity index (χ1v) is 9.23. The second kappa shape index (κ2) is 8.75. The molecular weight excluding hydrogens is 346 g/mol. The number of hydrogen-bond donors (Lipinski definition) is 2. The van der Waals surface area contributed by atoms with Crippen molar-refractivity contribution in [1.82, 2.24) is 14.9 Å². The average molecular weight is 367 g/mol. The van der Waals surface area contributed by atoms with Crippen LogP contribution in [0.1, 0.15) is 10.4 Å². The molecule has 1 saturated heterocycles. The van der Waals surface area contributed by atoms with Crippen molar-refractivity contribution in [3.63, 3.8) is 0 Å².